The normalized spacial score (nSPS) is 14.4. The minimum Gasteiger partial charge on any atom is -0.493 e. The van der Waals surface area contributed by atoms with Gasteiger partial charge in [0.25, 0.3) is 0 Å². The zero-order chi connectivity index (χ0) is 20.5. The first-order valence-corrected chi connectivity index (χ1v) is 10.8. The molecular formula is C25H32O4. The van der Waals surface area contributed by atoms with E-state index in [1.54, 1.807) is 7.11 Å². The maximum absolute atomic E-state index is 11.8. The number of benzene rings is 2. The van der Waals surface area contributed by atoms with Gasteiger partial charge in [0.05, 0.1) is 20.3 Å². The van der Waals surface area contributed by atoms with Crippen molar-refractivity contribution in [3.8, 4) is 22.6 Å². The minimum atomic E-state index is -0.176. The lowest BCUT2D eigenvalue weighted by atomic mass is 9.90. The van der Waals surface area contributed by atoms with Gasteiger partial charge >= 0.3 is 5.97 Å². The third-order valence-corrected chi connectivity index (χ3v) is 5.53. The summed E-state index contributed by atoms with van der Waals surface area (Å²) in [4.78, 5) is 11.8. The molecule has 0 aromatic heterocycles. The van der Waals surface area contributed by atoms with Gasteiger partial charge in [-0.2, -0.15) is 0 Å². The van der Waals surface area contributed by atoms with Crippen molar-refractivity contribution in [3.63, 3.8) is 0 Å². The highest BCUT2D eigenvalue weighted by Crippen LogP contribution is 2.40. The summed E-state index contributed by atoms with van der Waals surface area (Å²) in [5, 5.41) is 0. The van der Waals surface area contributed by atoms with Crippen LogP contribution < -0.4 is 9.47 Å². The Bertz CT molecular complexity index is 779. The molecule has 3 rings (SSSR count). The Balaban J connectivity index is 1.86. The quantitative estimate of drug-likeness (QED) is 0.501. The SMILES string of the molecule is CCOC(=O)CCc1cc(OC)c(OCC2CCCCC2)c(-c2ccccc2)c1. The predicted octanol–water partition coefficient (Wildman–Crippen LogP) is 5.82. The number of hydrogen-bond acceptors (Lipinski definition) is 4. The molecular weight excluding hydrogens is 364 g/mol. The van der Waals surface area contributed by atoms with Gasteiger partial charge in [0.15, 0.2) is 11.5 Å². The molecule has 1 saturated carbocycles. The fraction of sp³-hybridized carbons (Fsp3) is 0.480. The van der Waals surface area contributed by atoms with Crippen LogP contribution in [0.15, 0.2) is 42.5 Å². The topological polar surface area (TPSA) is 44.8 Å². The standard InChI is InChI=1S/C25H32O4/c1-3-28-24(26)15-14-20-16-22(21-12-8-5-9-13-21)25(23(17-20)27-2)29-18-19-10-6-4-7-11-19/h5,8-9,12-13,16-17,19H,3-4,6-7,10-11,14-15,18H2,1-2H3. The first-order valence-electron chi connectivity index (χ1n) is 10.8. The van der Waals surface area contributed by atoms with Crippen molar-refractivity contribution in [1.29, 1.82) is 0 Å². The van der Waals surface area contributed by atoms with Crippen molar-refractivity contribution >= 4 is 5.97 Å². The Morgan fingerprint density at radius 1 is 1.07 bits per heavy atom. The van der Waals surface area contributed by atoms with Crippen molar-refractivity contribution in [1.82, 2.24) is 0 Å². The smallest absolute Gasteiger partial charge is 0.306 e. The molecule has 4 nitrogen and oxygen atoms in total. The summed E-state index contributed by atoms with van der Waals surface area (Å²) in [7, 11) is 1.67. The van der Waals surface area contributed by atoms with E-state index in [1.807, 2.05) is 31.2 Å². The molecule has 1 aliphatic carbocycles. The van der Waals surface area contributed by atoms with E-state index in [1.165, 1.54) is 32.1 Å². The third kappa shape index (κ3) is 5.99. The molecule has 0 unspecified atom stereocenters. The van der Waals surface area contributed by atoms with Crippen LogP contribution in [0.5, 0.6) is 11.5 Å². The highest BCUT2D eigenvalue weighted by atomic mass is 16.5. The Hall–Kier alpha value is -2.49. The number of carbonyl (C=O) groups excluding carboxylic acids is 1. The molecule has 29 heavy (non-hydrogen) atoms. The molecule has 2 aromatic carbocycles. The summed E-state index contributed by atoms with van der Waals surface area (Å²) in [5.74, 6) is 1.95. The molecule has 1 fully saturated rings. The number of esters is 1. The van der Waals surface area contributed by atoms with Gasteiger partial charge in [0.2, 0.25) is 0 Å². The molecule has 2 aromatic rings. The van der Waals surface area contributed by atoms with E-state index in [9.17, 15) is 4.79 Å². The molecule has 0 amide bonds. The fourth-order valence-electron chi connectivity index (χ4n) is 3.97. The van der Waals surface area contributed by atoms with Crippen LogP contribution in [0.3, 0.4) is 0 Å². The van der Waals surface area contributed by atoms with Crippen LogP contribution in [0.4, 0.5) is 0 Å². The summed E-state index contributed by atoms with van der Waals surface area (Å²) in [6.07, 6.45) is 7.36. The van der Waals surface area contributed by atoms with Crippen LogP contribution >= 0.6 is 0 Å². The average molecular weight is 397 g/mol. The van der Waals surface area contributed by atoms with Gasteiger partial charge in [-0.05, 0) is 55.4 Å². The van der Waals surface area contributed by atoms with Crippen molar-refractivity contribution in [2.75, 3.05) is 20.3 Å². The average Bonchev–Trinajstić information content (AvgIpc) is 2.77. The summed E-state index contributed by atoms with van der Waals surface area (Å²) < 4.78 is 17.1. The zero-order valence-corrected chi connectivity index (χ0v) is 17.6. The lowest BCUT2D eigenvalue weighted by molar-refractivity contribution is -0.143. The van der Waals surface area contributed by atoms with Crippen LogP contribution in [0.25, 0.3) is 11.1 Å². The van der Waals surface area contributed by atoms with Crippen LogP contribution in [0.2, 0.25) is 0 Å². The lowest BCUT2D eigenvalue weighted by Gasteiger charge is -2.24. The summed E-state index contributed by atoms with van der Waals surface area (Å²) in [6, 6.07) is 14.3. The lowest BCUT2D eigenvalue weighted by Crippen LogP contribution is -2.16. The van der Waals surface area contributed by atoms with Crippen molar-refractivity contribution in [2.45, 2.75) is 51.9 Å². The molecule has 0 spiro atoms. The van der Waals surface area contributed by atoms with E-state index in [0.717, 1.165) is 34.8 Å². The molecule has 0 heterocycles. The van der Waals surface area contributed by atoms with E-state index >= 15 is 0 Å². The van der Waals surface area contributed by atoms with E-state index < -0.39 is 0 Å². The highest BCUT2D eigenvalue weighted by Gasteiger charge is 2.19. The predicted molar refractivity (Wildman–Crippen MR) is 115 cm³/mol. The van der Waals surface area contributed by atoms with Crippen LogP contribution in [-0.4, -0.2) is 26.3 Å². The summed E-state index contributed by atoms with van der Waals surface area (Å²) in [6.45, 7) is 2.95. The Labute approximate surface area is 174 Å². The maximum Gasteiger partial charge on any atom is 0.306 e. The van der Waals surface area contributed by atoms with Crippen molar-refractivity contribution in [3.05, 3.63) is 48.0 Å². The zero-order valence-electron chi connectivity index (χ0n) is 17.6. The fourth-order valence-corrected chi connectivity index (χ4v) is 3.97. The van der Waals surface area contributed by atoms with Gasteiger partial charge in [-0.25, -0.2) is 0 Å². The van der Waals surface area contributed by atoms with E-state index in [4.69, 9.17) is 14.2 Å². The summed E-state index contributed by atoms with van der Waals surface area (Å²) in [5.41, 5.74) is 3.14. The molecule has 0 radical (unpaired) electrons. The molecule has 156 valence electrons. The van der Waals surface area contributed by atoms with Gasteiger partial charge in [0.1, 0.15) is 0 Å². The molecule has 1 aliphatic rings. The number of ether oxygens (including phenoxy) is 3. The van der Waals surface area contributed by atoms with Gasteiger partial charge in [-0.1, -0.05) is 49.6 Å². The molecule has 4 heteroatoms. The first-order chi connectivity index (χ1) is 14.2. The van der Waals surface area contributed by atoms with Crippen molar-refractivity contribution in [2.24, 2.45) is 5.92 Å². The first kappa shape index (κ1) is 21.2. The Morgan fingerprint density at radius 3 is 2.52 bits per heavy atom. The number of methoxy groups -OCH3 is 1. The van der Waals surface area contributed by atoms with Crippen LogP contribution in [-0.2, 0) is 16.0 Å². The number of carbonyl (C=O) groups is 1. The molecule has 0 N–H and O–H groups in total. The Kier molecular flexibility index (Phi) is 7.97. The molecule has 0 aliphatic heterocycles. The van der Waals surface area contributed by atoms with Gasteiger partial charge in [-0.15, -0.1) is 0 Å². The monoisotopic (exact) mass is 396 g/mol. The van der Waals surface area contributed by atoms with E-state index in [2.05, 4.69) is 18.2 Å². The Morgan fingerprint density at radius 2 is 1.83 bits per heavy atom. The number of hydrogen-bond donors (Lipinski definition) is 0. The second-order valence-electron chi connectivity index (χ2n) is 7.66. The second-order valence-corrected chi connectivity index (χ2v) is 7.66. The molecule has 0 bridgehead atoms. The van der Waals surface area contributed by atoms with E-state index in [0.29, 0.717) is 25.4 Å². The van der Waals surface area contributed by atoms with Crippen LogP contribution in [0, 0.1) is 5.92 Å². The van der Waals surface area contributed by atoms with Gasteiger partial charge in [-0.3, -0.25) is 4.79 Å². The van der Waals surface area contributed by atoms with Crippen LogP contribution in [0.1, 0.15) is 51.0 Å². The highest BCUT2D eigenvalue weighted by molar-refractivity contribution is 5.75. The number of rotatable bonds is 9. The van der Waals surface area contributed by atoms with Gasteiger partial charge in [0, 0.05) is 12.0 Å². The van der Waals surface area contributed by atoms with E-state index in [-0.39, 0.29) is 5.97 Å². The minimum absolute atomic E-state index is 0.176. The molecule has 0 saturated heterocycles. The molecule has 0 atom stereocenters. The summed E-state index contributed by atoms with van der Waals surface area (Å²) >= 11 is 0. The second kappa shape index (κ2) is 10.9. The van der Waals surface area contributed by atoms with Gasteiger partial charge < -0.3 is 14.2 Å². The van der Waals surface area contributed by atoms with Crippen molar-refractivity contribution < 1.29 is 19.0 Å². The third-order valence-electron chi connectivity index (χ3n) is 5.53. The largest absolute Gasteiger partial charge is 0.493 e. The number of aryl methyl sites for hydroxylation is 1. The maximum atomic E-state index is 11.8.